The minimum absolute atomic E-state index is 0.0561. The smallest absolute Gasteiger partial charge is 0.285 e. The predicted octanol–water partition coefficient (Wildman–Crippen LogP) is 6.18. The zero-order valence-electron chi connectivity index (χ0n) is 24.5. The Hall–Kier alpha value is -5.15. The lowest BCUT2D eigenvalue weighted by atomic mass is 9.99. The molecular formula is C35H33N3O5S. The zero-order valence-corrected chi connectivity index (χ0v) is 25.3. The predicted molar refractivity (Wildman–Crippen MR) is 175 cm³/mol. The topological polar surface area (TPSA) is 108 Å². The monoisotopic (exact) mass is 607 g/mol. The van der Waals surface area contributed by atoms with Crippen molar-refractivity contribution in [3.05, 3.63) is 138 Å². The molecule has 3 aromatic carbocycles. The van der Waals surface area contributed by atoms with Crippen molar-refractivity contribution in [2.45, 2.75) is 19.9 Å². The lowest BCUT2D eigenvalue weighted by molar-refractivity contribution is -0.126. The van der Waals surface area contributed by atoms with Gasteiger partial charge in [0.05, 0.1) is 18.4 Å². The molecule has 0 aliphatic carbocycles. The van der Waals surface area contributed by atoms with Gasteiger partial charge >= 0.3 is 0 Å². The third-order valence-corrected chi connectivity index (χ3v) is 7.45. The van der Waals surface area contributed by atoms with E-state index in [4.69, 9.17) is 4.74 Å². The van der Waals surface area contributed by atoms with E-state index in [2.05, 4.69) is 16.9 Å². The number of benzene rings is 3. The number of amides is 3. The van der Waals surface area contributed by atoms with Gasteiger partial charge in [-0.15, -0.1) is 0 Å². The second-order valence-electron chi connectivity index (χ2n) is 9.48. The fraction of sp³-hybridized carbons (Fsp3) is 0.143. The Morgan fingerprint density at radius 1 is 1.07 bits per heavy atom. The van der Waals surface area contributed by atoms with Crippen LogP contribution in [0.2, 0.25) is 0 Å². The van der Waals surface area contributed by atoms with Gasteiger partial charge in [-0.2, -0.15) is 4.99 Å². The van der Waals surface area contributed by atoms with Crippen LogP contribution in [0.3, 0.4) is 0 Å². The Morgan fingerprint density at radius 2 is 1.73 bits per heavy atom. The van der Waals surface area contributed by atoms with E-state index in [-0.39, 0.29) is 39.9 Å². The quantitative estimate of drug-likeness (QED) is 0.153. The largest absolute Gasteiger partial charge is 0.504 e. The van der Waals surface area contributed by atoms with Crippen LogP contribution in [0.4, 0.5) is 0 Å². The van der Waals surface area contributed by atoms with E-state index in [1.165, 1.54) is 17.0 Å². The number of aromatic hydroxyl groups is 1. The Morgan fingerprint density at radius 3 is 2.32 bits per heavy atom. The van der Waals surface area contributed by atoms with Crippen molar-refractivity contribution in [1.29, 1.82) is 0 Å². The Kier molecular flexibility index (Phi) is 11.1. The molecule has 0 bridgehead atoms. The average molecular weight is 608 g/mol. The first-order valence-electron chi connectivity index (χ1n) is 14.0. The fourth-order valence-electron chi connectivity index (χ4n) is 4.45. The van der Waals surface area contributed by atoms with Gasteiger partial charge in [-0.1, -0.05) is 103 Å². The summed E-state index contributed by atoms with van der Waals surface area (Å²) in [4.78, 5) is 45.9. The number of rotatable bonds is 11. The van der Waals surface area contributed by atoms with Crippen molar-refractivity contribution >= 4 is 40.7 Å². The van der Waals surface area contributed by atoms with Crippen molar-refractivity contribution in [2.75, 3.05) is 12.4 Å². The number of hydrogen-bond acceptors (Lipinski definition) is 6. The van der Waals surface area contributed by atoms with Crippen molar-refractivity contribution in [3.8, 4) is 11.5 Å². The second-order valence-corrected chi connectivity index (χ2v) is 10.4. The van der Waals surface area contributed by atoms with Gasteiger partial charge < -0.3 is 15.2 Å². The number of thioether (sulfide) groups is 1. The second kappa shape index (κ2) is 15.4. The summed E-state index contributed by atoms with van der Waals surface area (Å²) >= 11 is 0.991. The molecule has 1 heterocycles. The lowest BCUT2D eigenvalue weighted by Crippen LogP contribution is -2.42. The highest BCUT2D eigenvalue weighted by Crippen LogP contribution is 2.30. The van der Waals surface area contributed by atoms with Gasteiger partial charge in [0.15, 0.2) is 16.7 Å². The maximum Gasteiger partial charge on any atom is 0.285 e. The maximum absolute atomic E-state index is 13.8. The highest BCUT2D eigenvalue weighted by Gasteiger charge is 2.35. The van der Waals surface area contributed by atoms with Crippen molar-refractivity contribution in [3.63, 3.8) is 0 Å². The van der Waals surface area contributed by atoms with Gasteiger partial charge in [0.1, 0.15) is 5.57 Å². The standard InChI is InChI=1S/C35H33N3O5S/c1-4-7-18-27(5-2)38-34(42)28(21-24-19-20-29(39)30(22-24)43-6-3)33(41)37-35(38)44-23-31(40)36-32(25-14-10-8-11-15-25)26-16-12-9-13-17-26/h4-5,7-22,32,39H,1,6,23H2,2-3H3,(H,36,40)/b18-7-,27-5+,28-21+. The summed E-state index contributed by atoms with van der Waals surface area (Å²) in [7, 11) is 0. The Labute approximate surface area is 261 Å². The first-order valence-corrected chi connectivity index (χ1v) is 15.0. The van der Waals surface area contributed by atoms with E-state index >= 15 is 0 Å². The molecule has 0 unspecified atom stereocenters. The van der Waals surface area contributed by atoms with Gasteiger partial charge in [0, 0.05) is 5.70 Å². The van der Waals surface area contributed by atoms with E-state index in [0.29, 0.717) is 17.9 Å². The zero-order chi connectivity index (χ0) is 31.5. The number of ether oxygens (including phenoxy) is 1. The van der Waals surface area contributed by atoms with Crippen LogP contribution in [-0.4, -0.2) is 45.3 Å². The number of phenols is 1. The summed E-state index contributed by atoms with van der Waals surface area (Å²) in [5.41, 5.74) is 2.59. The molecule has 3 aromatic rings. The van der Waals surface area contributed by atoms with Crippen LogP contribution < -0.4 is 10.1 Å². The number of nitrogens with zero attached hydrogens (tertiary/aromatic N) is 2. The van der Waals surface area contributed by atoms with Crippen molar-refractivity contribution < 1.29 is 24.2 Å². The normalized spacial score (nSPS) is 14.7. The van der Waals surface area contributed by atoms with Gasteiger partial charge in [-0.25, -0.2) is 0 Å². The van der Waals surface area contributed by atoms with Crippen molar-refractivity contribution in [1.82, 2.24) is 10.2 Å². The van der Waals surface area contributed by atoms with E-state index in [1.54, 1.807) is 50.3 Å². The van der Waals surface area contributed by atoms with Crippen LogP contribution in [-0.2, 0) is 14.4 Å². The number of aliphatic imine (C=N–C) groups is 1. The number of phenolic OH excluding ortho intramolecular Hbond substituents is 1. The molecule has 3 amide bonds. The molecule has 44 heavy (non-hydrogen) atoms. The first kappa shape index (κ1) is 31.8. The van der Waals surface area contributed by atoms with E-state index < -0.39 is 11.8 Å². The van der Waals surface area contributed by atoms with Crippen LogP contribution in [0.1, 0.15) is 36.6 Å². The molecule has 0 radical (unpaired) electrons. The van der Waals surface area contributed by atoms with E-state index in [0.717, 1.165) is 22.9 Å². The third-order valence-electron chi connectivity index (χ3n) is 6.51. The molecule has 0 aromatic heterocycles. The third kappa shape index (κ3) is 7.81. The maximum atomic E-state index is 13.8. The van der Waals surface area contributed by atoms with Crippen LogP contribution in [0.25, 0.3) is 6.08 Å². The summed E-state index contributed by atoms with van der Waals surface area (Å²) in [6.07, 6.45) is 8.01. The highest BCUT2D eigenvalue weighted by molar-refractivity contribution is 8.14. The van der Waals surface area contributed by atoms with E-state index in [1.807, 2.05) is 60.7 Å². The van der Waals surface area contributed by atoms with Crippen LogP contribution in [0.5, 0.6) is 11.5 Å². The van der Waals surface area contributed by atoms with Gasteiger partial charge in [-0.05, 0) is 54.8 Å². The number of nitrogens with one attached hydrogen (secondary N) is 1. The summed E-state index contributed by atoms with van der Waals surface area (Å²) in [5, 5.41) is 13.2. The first-order chi connectivity index (χ1) is 21.4. The van der Waals surface area contributed by atoms with E-state index in [9.17, 15) is 19.5 Å². The number of carbonyl (C=O) groups excluding carboxylic acids is 3. The number of amidine groups is 1. The molecule has 0 saturated carbocycles. The summed E-state index contributed by atoms with van der Waals surface area (Å²) in [6, 6.07) is 23.4. The molecule has 0 spiro atoms. The Balaban J connectivity index is 1.62. The SMILES string of the molecule is C=C/C=C\C(=C/C)N1C(=O)/C(=C/c2ccc(O)c(OCC)c2)C(=O)N=C1SCC(=O)NC(c1ccccc1)c1ccccc1. The van der Waals surface area contributed by atoms with Gasteiger partial charge in [-0.3, -0.25) is 19.3 Å². The fourth-order valence-corrected chi connectivity index (χ4v) is 5.26. The van der Waals surface area contributed by atoms with Gasteiger partial charge in [0.2, 0.25) is 5.91 Å². The molecule has 1 aliphatic rings. The molecule has 4 rings (SSSR count). The summed E-state index contributed by atoms with van der Waals surface area (Å²) < 4.78 is 5.44. The number of hydrogen-bond donors (Lipinski definition) is 2. The minimum Gasteiger partial charge on any atom is -0.504 e. The minimum atomic E-state index is -0.741. The molecule has 1 aliphatic heterocycles. The highest BCUT2D eigenvalue weighted by atomic mass is 32.2. The van der Waals surface area contributed by atoms with Crippen molar-refractivity contribution in [2.24, 2.45) is 4.99 Å². The molecule has 224 valence electrons. The molecular weight excluding hydrogens is 574 g/mol. The average Bonchev–Trinajstić information content (AvgIpc) is 3.04. The molecule has 0 saturated heterocycles. The number of allylic oxidation sites excluding steroid dienone is 4. The number of carbonyl (C=O) groups is 3. The van der Waals surface area contributed by atoms with Crippen LogP contribution in [0, 0.1) is 0 Å². The molecule has 0 atom stereocenters. The summed E-state index contributed by atoms with van der Waals surface area (Å²) in [6.45, 7) is 7.56. The molecule has 0 fully saturated rings. The molecule has 9 heteroatoms. The summed E-state index contributed by atoms with van der Waals surface area (Å²) in [5.74, 6) is -1.56. The Bertz CT molecular complexity index is 1610. The molecule has 2 N–H and O–H groups in total. The lowest BCUT2D eigenvalue weighted by Gasteiger charge is -2.28. The van der Waals surface area contributed by atoms with Crippen LogP contribution in [0.15, 0.2) is 126 Å². The van der Waals surface area contributed by atoms with Crippen LogP contribution >= 0.6 is 11.8 Å². The van der Waals surface area contributed by atoms with Gasteiger partial charge in [0.25, 0.3) is 11.8 Å². The molecule has 8 nitrogen and oxygen atoms in total.